The molecule has 0 fully saturated rings. The van der Waals surface area contributed by atoms with Gasteiger partial charge in [-0.25, -0.2) is 0 Å². The van der Waals surface area contributed by atoms with Gasteiger partial charge in [0.15, 0.2) is 0 Å². The van der Waals surface area contributed by atoms with Crippen LogP contribution in [-0.2, 0) is 18.4 Å². The predicted octanol–water partition coefficient (Wildman–Crippen LogP) is 2.72. The van der Waals surface area contributed by atoms with E-state index in [-0.39, 0.29) is 12.2 Å². The highest BCUT2D eigenvalue weighted by molar-refractivity contribution is 6.04. The van der Waals surface area contributed by atoms with Crippen molar-refractivity contribution in [2.75, 3.05) is 11.9 Å². The van der Waals surface area contributed by atoms with Crippen molar-refractivity contribution < 1.29 is 22.7 Å². The molecule has 0 saturated carbocycles. The van der Waals surface area contributed by atoms with Gasteiger partial charge in [-0.05, 0) is 23.8 Å². The number of benzene rings is 1. The second-order valence-corrected chi connectivity index (χ2v) is 5.13. The van der Waals surface area contributed by atoms with Crippen LogP contribution in [0.2, 0.25) is 0 Å². The minimum absolute atomic E-state index is 0.192. The first kappa shape index (κ1) is 17.7. The number of pyridine rings is 1. The molecule has 1 amide bonds. The van der Waals surface area contributed by atoms with Gasteiger partial charge in [-0.2, -0.15) is 13.2 Å². The van der Waals surface area contributed by atoms with Crippen LogP contribution in [0.4, 0.5) is 18.9 Å². The molecule has 0 aliphatic heterocycles. The molecule has 1 N–H and O–H groups in total. The van der Waals surface area contributed by atoms with Crippen molar-refractivity contribution in [1.82, 2.24) is 4.57 Å². The van der Waals surface area contributed by atoms with E-state index in [9.17, 15) is 22.8 Å². The monoisotopic (exact) mass is 340 g/mol. The molecule has 1 aromatic heterocycles. The summed E-state index contributed by atoms with van der Waals surface area (Å²) in [7, 11) is 1.56. The summed E-state index contributed by atoms with van der Waals surface area (Å²) < 4.78 is 41.8. The van der Waals surface area contributed by atoms with Crippen LogP contribution in [0.25, 0.3) is 0 Å². The molecule has 0 saturated heterocycles. The van der Waals surface area contributed by atoms with Crippen LogP contribution in [0.15, 0.2) is 47.4 Å². The Bertz CT molecular complexity index is 767. The summed E-state index contributed by atoms with van der Waals surface area (Å²) in [5, 5.41) is 2.63. The molecule has 24 heavy (non-hydrogen) atoms. The van der Waals surface area contributed by atoms with Crippen molar-refractivity contribution in [3.05, 3.63) is 64.1 Å². The Morgan fingerprint density at radius 1 is 1.17 bits per heavy atom. The molecule has 1 heterocycles. The first-order chi connectivity index (χ1) is 11.2. The Balaban J connectivity index is 1.95. The van der Waals surface area contributed by atoms with E-state index in [1.165, 1.54) is 47.2 Å². The number of nitrogens with zero attached hydrogens (tertiary/aromatic N) is 1. The van der Waals surface area contributed by atoms with Crippen molar-refractivity contribution in [2.45, 2.75) is 12.8 Å². The number of carbonyl (C=O) groups excluding carboxylic acids is 1. The zero-order valence-corrected chi connectivity index (χ0v) is 12.8. The van der Waals surface area contributed by atoms with Crippen molar-refractivity contribution >= 4 is 11.6 Å². The van der Waals surface area contributed by atoms with Crippen molar-refractivity contribution in [3.8, 4) is 0 Å². The summed E-state index contributed by atoms with van der Waals surface area (Å²) in [6.45, 7) is -1.51. The van der Waals surface area contributed by atoms with E-state index in [4.69, 9.17) is 0 Å². The molecule has 128 valence electrons. The zero-order chi connectivity index (χ0) is 17.7. The van der Waals surface area contributed by atoms with Crippen molar-refractivity contribution in [2.24, 2.45) is 7.05 Å². The molecule has 0 spiro atoms. The number of carbonyl (C=O) groups is 1. The number of alkyl halides is 3. The molecule has 5 nitrogen and oxygen atoms in total. The summed E-state index contributed by atoms with van der Waals surface area (Å²) in [5.74, 6) is -0.392. The molecular formula is C16H15F3N2O3. The van der Waals surface area contributed by atoms with Crippen molar-refractivity contribution in [1.29, 1.82) is 0 Å². The number of nitrogens with one attached hydrogen (secondary N) is 1. The molecule has 0 aliphatic rings. The van der Waals surface area contributed by atoms with Gasteiger partial charge in [0.05, 0.1) is 12.3 Å². The average molecular weight is 340 g/mol. The predicted molar refractivity (Wildman–Crippen MR) is 81.8 cm³/mol. The molecule has 2 rings (SSSR count). The highest BCUT2D eigenvalue weighted by Gasteiger charge is 2.27. The third-order valence-electron chi connectivity index (χ3n) is 3.09. The van der Waals surface area contributed by atoms with Crippen LogP contribution in [0.1, 0.15) is 15.9 Å². The maximum absolute atomic E-state index is 12.1. The molecule has 0 unspecified atom stereocenters. The standard InChI is InChI=1S/C16H15F3N2O3/c1-21-8-13(6-7-14(21)22)20-15(23)12-4-2-11(3-5-12)9-24-10-16(17,18)19/h2-8H,9-10H2,1H3,(H,20,23). The van der Waals surface area contributed by atoms with E-state index in [1.54, 1.807) is 7.05 Å². The molecule has 0 radical (unpaired) electrons. The quantitative estimate of drug-likeness (QED) is 0.910. The van der Waals surface area contributed by atoms with Crippen molar-refractivity contribution in [3.63, 3.8) is 0 Å². The maximum atomic E-state index is 12.1. The number of aryl methyl sites for hydroxylation is 1. The Kier molecular flexibility index (Phi) is 5.40. The molecule has 8 heteroatoms. The van der Waals surface area contributed by atoms with E-state index < -0.39 is 18.7 Å². The largest absolute Gasteiger partial charge is 0.411 e. The minimum atomic E-state index is -4.37. The van der Waals surface area contributed by atoms with Crippen LogP contribution in [0, 0.1) is 0 Å². The van der Waals surface area contributed by atoms with E-state index >= 15 is 0 Å². The number of halogens is 3. The number of ether oxygens (including phenoxy) is 1. The fourth-order valence-corrected chi connectivity index (χ4v) is 1.91. The van der Waals surface area contributed by atoms with Crippen LogP contribution < -0.4 is 10.9 Å². The van der Waals surface area contributed by atoms with Gasteiger partial charge in [-0.3, -0.25) is 9.59 Å². The Morgan fingerprint density at radius 3 is 2.42 bits per heavy atom. The lowest BCUT2D eigenvalue weighted by Crippen LogP contribution is -2.18. The van der Waals surface area contributed by atoms with Crippen LogP contribution in [-0.4, -0.2) is 23.3 Å². The first-order valence-corrected chi connectivity index (χ1v) is 6.96. The highest BCUT2D eigenvalue weighted by atomic mass is 19.4. The Morgan fingerprint density at radius 2 is 1.83 bits per heavy atom. The van der Waals surface area contributed by atoms with Gasteiger partial charge in [-0.1, -0.05) is 12.1 Å². The summed E-state index contributed by atoms with van der Waals surface area (Å²) in [5.41, 5.74) is 1.12. The fraction of sp³-hybridized carbons (Fsp3) is 0.250. The van der Waals surface area contributed by atoms with E-state index in [2.05, 4.69) is 10.1 Å². The van der Waals surface area contributed by atoms with Gasteiger partial charge >= 0.3 is 6.18 Å². The van der Waals surface area contributed by atoms with Gasteiger partial charge in [0, 0.05) is 24.9 Å². The lowest BCUT2D eigenvalue weighted by molar-refractivity contribution is -0.176. The van der Waals surface area contributed by atoms with E-state index in [0.29, 0.717) is 16.8 Å². The first-order valence-electron chi connectivity index (χ1n) is 6.96. The van der Waals surface area contributed by atoms with Gasteiger partial charge in [0.2, 0.25) is 5.56 Å². The highest BCUT2D eigenvalue weighted by Crippen LogP contribution is 2.16. The third-order valence-corrected chi connectivity index (χ3v) is 3.09. The average Bonchev–Trinajstić information content (AvgIpc) is 2.50. The van der Waals surface area contributed by atoms with Crippen LogP contribution in [0.5, 0.6) is 0 Å². The van der Waals surface area contributed by atoms with Gasteiger partial charge < -0.3 is 14.6 Å². The smallest absolute Gasteiger partial charge is 0.367 e. The summed E-state index contributed by atoms with van der Waals surface area (Å²) in [6.07, 6.45) is -2.88. The zero-order valence-electron chi connectivity index (χ0n) is 12.8. The number of rotatable bonds is 5. The number of amides is 1. The number of aromatic nitrogens is 1. The summed E-state index contributed by atoms with van der Waals surface area (Å²) >= 11 is 0. The van der Waals surface area contributed by atoms with Gasteiger partial charge in [0.1, 0.15) is 6.61 Å². The van der Waals surface area contributed by atoms with E-state index in [1.807, 2.05) is 0 Å². The van der Waals surface area contributed by atoms with Crippen LogP contribution >= 0.6 is 0 Å². The Hall–Kier alpha value is -2.61. The molecule has 0 atom stereocenters. The molecule has 1 aromatic carbocycles. The molecule has 0 aliphatic carbocycles. The fourth-order valence-electron chi connectivity index (χ4n) is 1.91. The third kappa shape index (κ3) is 5.24. The molecule has 0 bridgehead atoms. The minimum Gasteiger partial charge on any atom is -0.367 e. The van der Waals surface area contributed by atoms with E-state index in [0.717, 1.165) is 0 Å². The normalized spacial score (nSPS) is 11.3. The van der Waals surface area contributed by atoms with Gasteiger partial charge in [0.25, 0.3) is 5.91 Å². The number of hydrogen-bond donors (Lipinski definition) is 1. The lowest BCUT2D eigenvalue weighted by Gasteiger charge is -2.09. The maximum Gasteiger partial charge on any atom is 0.411 e. The number of hydrogen-bond acceptors (Lipinski definition) is 3. The Labute approximate surface area is 135 Å². The SMILES string of the molecule is Cn1cc(NC(=O)c2ccc(COCC(F)(F)F)cc2)ccc1=O. The summed E-state index contributed by atoms with van der Waals surface area (Å²) in [6, 6.07) is 8.83. The lowest BCUT2D eigenvalue weighted by atomic mass is 10.1. The van der Waals surface area contributed by atoms with Gasteiger partial charge in [-0.15, -0.1) is 0 Å². The second kappa shape index (κ2) is 7.31. The van der Waals surface area contributed by atoms with Crippen LogP contribution in [0.3, 0.4) is 0 Å². The summed E-state index contributed by atoms with van der Waals surface area (Å²) in [4.78, 5) is 23.4. The second-order valence-electron chi connectivity index (χ2n) is 5.13. The topological polar surface area (TPSA) is 60.3 Å². The molecular weight excluding hydrogens is 325 g/mol. The molecule has 2 aromatic rings. The number of anilines is 1.